The van der Waals surface area contributed by atoms with Gasteiger partial charge in [-0.3, -0.25) is 14.4 Å². The maximum atomic E-state index is 13.1. The second kappa shape index (κ2) is 14.6. The average Bonchev–Trinajstić information content (AvgIpc) is 2.98. The zero-order chi connectivity index (χ0) is 29.2. The molecule has 5 rings (SSSR count). The Kier molecular flexibility index (Phi) is 10.7. The van der Waals surface area contributed by atoms with Crippen LogP contribution in [0.5, 0.6) is 23.0 Å². The maximum absolute atomic E-state index is 13.1. The van der Waals surface area contributed by atoms with Gasteiger partial charge in [0.1, 0.15) is 17.6 Å². The van der Waals surface area contributed by atoms with Crippen molar-refractivity contribution in [2.45, 2.75) is 50.8 Å². The summed E-state index contributed by atoms with van der Waals surface area (Å²) >= 11 is 0. The lowest BCUT2D eigenvalue weighted by Crippen LogP contribution is -2.57. The van der Waals surface area contributed by atoms with E-state index in [4.69, 9.17) is 23.7 Å². The summed E-state index contributed by atoms with van der Waals surface area (Å²) in [7, 11) is 4.50. The zero-order valence-corrected chi connectivity index (χ0v) is 23.9. The number of fused-ring (bicyclic) bond motifs is 9. The minimum Gasteiger partial charge on any atom is -0.496 e. The van der Waals surface area contributed by atoms with Crippen LogP contribution in [0, 0.1) is 0 Å². The fourth-order valence-electron chi connectivity index (χ4n) is 5.07. The first-order chi connectivity index (χ1) is 19.9. The van der Waals surface area contributed by atoms with Crippen LogP contribution in [0.15, 0.2) is 36.4 Å². The highest BCUT2D eigenvalue weighted by molar-refractivity contribution is 5.78. The van der Waals surface area contributed by atoms with Gasteiger partial charge in [0.05, 0.1) is 27.4 Å². The van der Waals surface area contributed by atoms with Crippen molar-refractivity contribution in [1.29, 1.82) is 0 Å². The van der Waals surface area contributed by atoms with E-state index in [2.05, 4.69) is 15.5 Å². The number of nitrogens with zero attached hydrogens (tertiary/aromatic N) is 1. The van der Waals surface area contributed by atoms with Gasteiger partial charge in [0.2, 0.25) is 5.91 Å². The molecule has 11 heteroatoms. The number of hydrogen-bond donors (Lipinski definition) is 2. The highest BCUT2D eigenvalue weighted by atomic mass is 16.5. The molecular formula is C30H39N3O8. The Hall–Kier alpha value is -3.99. The third kappa shape index (κ3) is 8.50. The largest absolute Gasteiger partial charge is 0.496 e. The lowest BCUT2D eigenvalue weighted by Gasteiger charge is -2.39. The standard InChI is InChI=1S/C30H39N3O8/c1-37-25-10-6-20-7-11-28(34)31-17-21-8-9-22(16-26(21)38-2)41-24-12-14-33(13-4-5-30(36)39-3)18-23(24)32-29(35)19-40-27(25)15-20/h6,8-10,15-16,23-24H,4-5,7,11-14,17-19H2,1-3H3,(H,31,34)(H,32,35)/t23-,24+/m1/s1. The van der Waals surface area contributed by atoms with Gasteiger partial charge < -0.3 is 39.2 Å². The number of aryl methyl sites for hydroxylation is 1. The number of likely N-dealkylation sites (tertiary alicyclic amines) is 1. The number of carbonyl (C=O) groups is 3. The summed E-state index contributed by atoms with van der Waals surface area (Å²) in [5, 5.41) is 6.05. The van der Waals surface area contributed by atoms with Crippen molar-refractivity contribution < 1.29 is 38.1 Å². The third-order valence-electron chi connectivity index (χ3n) is 7.31. The van der Waals surface area contributed by atoms with Crippen LogP contribution < -0.4 is 29.6 Å². The molecule has 0 radical (unpaired) electrons. The fraction of sp³-hybridized carbons (Fsp3) is 0.500. The Morgan fingerprint density at radius 2 is 1.85 bits per heavy atom. The first-order valence-corrected chi connectivity index (χ1v) is 13.9. The molecule has 2 amide bonds. The average molecular weight is 570 g/mol. The molecule has 0 saturated carbocycles. The lowest BCUT2D eigenvalue weighted by atomic mass is 10.0. The van der Waals surface area contributed by atoms with E-state index in [0.717, 1.165) is 17.7 Å². The van der Waals surface area contributed by atoms with Gasteiger partial charge in [-0.2, -0.15) is 0 Å². The minimum atomic E-state index is -0.321. The van der Waals surface area contributed by atoms with E-state index >= 15 is 0 Å². The molecule has 41 heavy (non-hydrogen) atoms. The van der Waals surface area contributed by atoms with Crippen molar-refractivity contribution in [1.82, 2.24) is 15.5 Å². The van der Waals surface area contributed by atoms with Crippen LogP contribution in [0.1, 0.15) is 36.8 Å². The number of carbonyl (C=O) groups excluding carboxylic acids is 3. The van der Waals surface area contributed by atoms with E-state index in [1.54, 1.807) is 25.3 Å². The molecule has 0 unspecified atom stereocenters. The number of hydrogen-bond acceptors (Lipinski definition) is 9. The van der Waals surface area contributed by atoms with Gasteiger partial charge in [0.25, 0.3) is 5.91 Å². The van der Waals surface area contributed by atoms with Crippen molar-refractivity contribution >= 4 is 17.8 Å². The summed E-state index contributed by atoms with van der Waals surface area (Å²) in [6.45, 7) is 2.11. The van der Waals surface area contributed by atoms with Gasteiger partial charge in [0.15, 0.2) is 18.1 Å². The van der Waals surface area contributed by atoms with Crippen LogP contribution in [0.4, 0.5) is 0 Å². The van der Waals surface area contributed by atoms with Crippen molar-refractivity contribution in [2.24, 2.45) is 0 Å². The quantitative estimate of drug-likeness (QED) is 0.504. The molecule has 2 aromatic carbocycles. The number of nitrogens with one attached hydrogen (secondary N) is 2. The predicted molar refractivity (Wildman–Crippen MR) is 150 cm³/mol. The highest BCUT2D eigenvalue weighted by Gasteiger charge is 2.32. The molecule has 11 nitrogen and oxygen atoms in total. The molecule has 2 aromatic rings. The Morgan fingerprint density at radius 3 is 2.63 bits per heavy atom. The molecule has 3 aliphatic rings. The van der Waals surface area contributed by atoms with Gasteiger partial charge in [0, 0.05) is 44.1 Å². The van der Waals surface area contributed by atoms with Crippen LogP contribution in [0.2, 0.25) is 0 Å². The van der Waals surface area contributed by atoms with Crippen LogP contribution >= 0.6 is 0 Å². The smallest absolute Gasteiger partial charge is 0.305 e. The molecule has 1 fully saturated rings. The van der Waals surface area contributed by atoms with E-state index in [0.29, 0.717) is 68.3 Å². The Bertz CT molecular complexity index is 1220. The molecule has 2 atom stereocenters. The third-order valence-corrected chi connectivity index (χ3v) is 7.31. The topological polar surface area (TPSA) is 125 Å². The zero-order valence-electron chi connectivity index (χ0n) is 23.9. The van der Waals surface area contributed by atoms with E-state index in [1.807, 2.05) is 18.2 Å². The molecule has 222 valence electrons. The summed E-state index contributed by atoms with van der Waals surface area (Å²) in [5.41, 5.74) is 1.72. The molecule has 3 heterocycles. The number of ether oxygens (including phenoxy) is 5. The lowest BCUT2D eigenvalue weighted by molar-refractivity contribution is -0.140. The highest BCUT2D eigenvalue weighted by Crippen LogP contribution is 2.30. The van der Waals surface area contributed by atoms with Gasteiger partial charge in [-0.05, 0) is 55.6 Å². The van der Waals surface area contributed by atoms with Crippen LogP contribution in [0.3, 0.4) is 0 Å². The second-order valence-electron chi connectivity index (χ2n) is 10.1. The van der Waals surface area contributed by atoms with Gasteiger partial charge >= 0.3 is 5.97 Å². The number of methoxy groups -OCH3 is 3. The van der Waals surface area contributed by atoms with Crippen LogP contribution in [-0.2, 0) is 32.1 Å². The molecule has 0 aliphatic carbocycles. The molecule has 2 N–H and O–H groups in total. The Balaban J connectivity index is 1.56. The van der Waals surface area contributed by atoms with E-state index in [1.165, 1.54) is 14.2 Å². The summed E-state index contributed by atoms with van der Waals surface area (Å²) in [4.78, 5) is 39.4. The van der Waals surface area contributed by atoms with Crippen LogP contribution in [0.25, 0.3) is 0 Å². The minimum absolute atomic E-state index is 0.0934. The fourth-order valence-corrected chi connectivity index (χ4v) is 5.07. The maximum Gasteiger partial charge on any atom is 0.305 e. The van der Waals surface area contributed by atoms with Crippen LogP contribution in [-0.4, -0.2) is 82.4 Å². The monoisotopic (exact) mass is 569 g/mol. The summed E-state index contributed by atoms with van der Waals surface area (Å²) in [5.74, 6) is 1.52. The van der Waals surface area contributed by atoms with Gasteiger partial charge in [-0.15, -0.1) is 0 Å². The normalized spacial score (nSPS) is 20.1. The number of benzene rings is 2. The number of amides is 2. The predicted octanol–water partition coefficient (Wildman–Crippen LogP) is 2.24. The molecule has 0 aromatic heterocycles. The Morgan fingerprint density at radius 1 is 1.02 bits per heavy atom. The van der Waals surface area contributed by atoms with E-state index < -0.39 is 0 Å². The Labute approximate surface area is 240 Å². The molecule has 0 spiro atoms. The van der Waals surface area contributed by atoms with Crippen molar-refractivity contribution in [3.05, 3.63) is 47.5 Å². The number of esters is 1. The molecular weight excluding hydrogens is 530 g/mol. The van der Waals surface area contributed by atoms with Crippen molar-refractivity contribution in [2.75, 3.05) is 47.6 Å². The first-order valence-electron chi connectivity index (χ1n) is 13.9. The summed E-state index contributed by atoms with van der Waals surface area (Å²) in [6.07, 6.45) is 2.15. The molecule has 1 saturated heterocycles. The second-order valence-corrected chi connectivity index (χ2v) is 10.1. The van der Waals surface area contributed by atoms with Gasteiger partial charge in [-0.1, -0.05) is 6.07 Å². The van der Waals surface area contributed by atoms with E-state index in [-0.39, 0.29) is 43.0 Å². The van der Waals surface area contributed by atoms with Crippen molar-refractivity contribution in [3.8, 4) is 23.0 Å². The van der Waals surface area contributed by atoms with E-state index in [9.17, 15) is 14.4 Å². The van der Waals surface area contributed by atoms with Crippen molar-refractivity contribution in [3.63, 3.8) is 0 Å². The number of rotatable bonds is 6. The molecule has 4 bridgehead atoms. The number of piperidine rings is 1. The molecule has 3 aliphatic heterocycles. The SMILES string of the molecule is COC(=O)CCCN1CC[C@@H]2Oc3ccc(c(OC)c3)CNC(=O)CCc3ccc(OC)c(c3)OCC(=O)N[C@@H]2C1. The summed E-state index contributed by atoms with van der Waals surface area (Å²) < 4.78 is 28.0. The summed E-state index contributed by atoms with van der Waals surface area (Å²) in [6, 6.07) is 10.7. The first kappa shape index (κ1) is 30.0. The van der Waals surface area contributed by atoms with Gasteiger partial charge in [-0.25, -0.2) is 0 Å².